The average molecular weight is 847 g/mol. The summed E-state index contributed by atoms with van der Waals surface area (Å²) in [4.78, 5) is 11.9. The first-order valence-electron chi connectivity index (χ1n) is 19.5. The Morgan fingerprint density at radius 1 is 0.519 bits per heavy atom. The molecule has 0 N–H and O–H groups in total. The van der Waals surface area contributed by atoms with Crippen LogP contribution in [0.2, 0.25) is 0 Å². The predicted molar refractivity (Wildman–Crippen MR) is 227 cm³/mol. The third kappa shape index (κ3) is 16.5. The van der Waals surface area contributed by atoms with Crippen LogP contribution in [0.25, 0.3) is 22.3 Å². The minimum absolute atomic E-state index is 0.0465. The number of nitrogens with zero attached hydrogens (tertiary/aromatic N) is 3. The quantitative estimate of drug-likeness (QED) is 0.148. The van der Waals surface area contributed by atoms with Gasteiger partial charge in [-0.3, -0.25) is 15.0 Å². The molecule has 4 aromatic rings. The molecule has 0 unspecified atom stereocenters. The van der Waals surface area contributed by atoms with Crippen molar-refractivity contribution in [2.45, 2.75) is 134 Å². The van der Waals surface area contributed by atoms with Crippen molar-refractivity contribution in [3.8, 4) is 22.3 Å². The van der Waals surface area contributed by atoms with Gasteiger partial charge in [-0.25, -0.2) is 0 Å². The van der Waals surface area contributed by atoms with E-state index in [1.54, 1.807) is 121 Å². The van der Waals surface area contributed by atoms with Gasteiger partial charge < -0.3 is 0 Å². The fourth-order valence-electron chi connectivity index (χ4n) is 7.76. The van der Waals surface area contributed by atoms with Crippen molar-refractivity contribution in [1.29, 1.82) is 0 Å². The molecule has 0 spiro atoms. The summed E-state index contributed by atoms with van der Waals surface area (Å²) in [5.41, 5.74) is 8.64. The van der Waals surface area contributed by atoms with Crippen molar-refractivity contribution in [3.05, 3.63) is 110 Å². The van der Waals surface area contributed by atoms with Gasteiger partial charge in [-0.1, -0.05) is 49.6 Å². The fourth-order valence-corrected chi connectivity index (χ4v) is 14.4. The second kappa shape index (κ2) is 24.4. The van der Waals surface area contributed by atoms with Gasteiger partial charge in [0.1, 0.15) is 0 Å². The van der Waals surface area contributed by atoms with Gasteiger partial charge in [0, 0.05) is 45.1 Å². The molecule has 3 heterocycles. The SMILES string of the molecule is C1CCC([PH+](C2CCCCC2)C2CCCCC2)CC1.CC(C)(C)C=[C]=[Ru]([Cl])[Cl].c1cc(-c2ccncc2)ccn1.c1ccc(-c2ccncc2)cc1. The third-order valence-electron chi connectivity index (χ3n) is 10.3. The van der Waals surface area contributed by atoms with Crippen LogP contribution in [0.4, 0.5) is 0 Å². The molecule has 3 aliphatic carbocycles. The zero-order valence-corrected chi connectivity index (χ0v) is 35.9. The molecule has 0 atom stereocenters. The number of pyridine rings is 3. The number of rotatable bonds is 5. The van der Waals surface area contributed by atoms with Crippen LogP contribution >= 0.6 is 27.3 Å². The Bertz CT molecular complexity index is 1360. The molecule has 0 radical (unpaired) electrons. The summed E-state index contributed by atoms with van der Waals surface area (Å²) in [6, 6.07) is 22.2. The van der Waals surface area contributed by atoms with Gasteiger partial charge in [-0.15, -0.1) is 0 Å². The monoisotopic (exact) mass is 846 g/mol. The average Bonchev–Trinajstić information content (AvgIpc) is 3.20. The number of benzene rings is 1. The molecule has 0 aliphatic heterocycles. The van der Waals surface area contributed by atoms with Gasteiger partial charge in [0.2, 0.25) is 0 Å². The van der Waals surface area contributed by atoms with E-state index in [1.165, 1.54) is 39.2 Å². The van der Waals surface area contributed by atoms with E-state index in [0.29, 0.717) is 0 Å². The second-order valence-electron chi connectivity index (χ2n) is 15.4. The Balaban J connectivity index is 0.000000162. The minimum atomic E-state index is -1.67. The molecule has 1 aromatic carbocycles. The van der Waals surface area contributed by atoms with E-state index < -0.39 is 13.5 Å². The number of allylic oxidation sites excluding steroid dienone is 1. The van der Waals surface area contributed by atoms with E-state index in [4.69, 9.17) is 19.4 Å². The zero-order valence-electron chi connectivity index (χ0n) is 31.7. The summed E-state index contributed by atoms with van der Waals surface area (Å²) in [5, 5.41) is 0. The minimum Gasteiger partial charge on any atom is -0.265 e. The normalized spacial score (nSPS) is 17.2. The molecule has 3 nitrogen and oxygen atoms in total. The van der Waals surface area contributed by atoms with E-state index in [-0.39, 0.29) is 13.3 Å². The second-order valence-corrected chi connectivity index (χ2v) is 24.2. The van der Waals surface area contributed by atoms with Gasteiger partial charge in [-0.2, -0.15) is 0 Å². The maximum absolute atomic E-state index is 5.55. The molecule has 52 heavy (non-hydrogen) atoms. The van der Waals surface area contributed by atoms with Crippen LogP contribution in [0.3, 0.4) is 0 Å². The molecule has 7 heteroatoms. The van der Waals surface area contributed by atoms with Crippen LogP contribution in [0.1, 0.15) is 117 Å². The first-order chi connectivity index (χ1) is 25.3. The van der Waals surface area contributed by atoms with E-state index in [9.17, 15) is 0 Å². The Kier molecular flexibility index (Phi) is 20.0. The van der Waals surface area contributed by atoms with Gasteiger partial charge in [-0.05, 0) is 136 Å². The Hall–Kier alpha value is -2.05. The van der Waals surface area contributed by atoms with Crippen LogP contribution in [-0.4, -0.2) is 36.2 Å². The molecular formula is C45H61Cl2N3PRu+. The molecule has 7 rings (SSSR count). The Morgan fingerprint density at radius 2 is 0.827 bits per heavy atom. The van der Waals surface area contributed by atoms with Crippen molar-refractivity contribution < 1.29 is 13.5 Å². The van der Waals surface area contributed by atoms with Gasteiger partial charge >= 0.3 is 69.4 Å². The number of aromatic nitrogens is 3. The molecule has 0 saturated heterocycles. The van der Waals surface area contributed by atoms with Crippen molar-refractivity contribution in [1.82, 2.24) is 15.0 Å². The van der Waals surface area contributed by atoms with E-state index in [0.717, 1.165) is 0 Å². The predicted octanol–water partition coefficient (Wildman–Crippen LogP) is 14.0. The Labute approximate surface area is 329 Å². The van der Waals surface area contributed by atoms with Gasteiger partial charge in [0.15, 0.2) is 0 Å². The largest absolute Gasteiger partial charge is 0.265 e. The Morgan fingerprint density at radius 3 is 1.10 bits per heavy atom. The topological polar surface area (TPSA) is 38.7 Å². The number of hydrogen-bond acceptors (Lipinski definition) is 3. The first-order valence-corrected chi connectivity index (χ1v) is 26.6. The van der Waals surface area contributed by atoms with Crippen LogP contribution in [0.15, 0.2) is 110 Å². The zero-order chi connectivity index (χ0) is 36.9. The van der Waals surface area contributed by atoms with Crippen molar-refractivity contribution in [2.75, 3.05) is 0 Å². The smallest absolute Gasteiger partial charge is 0.0273 e. The molecule has 0 amide bonds. The van der Waals surface area contributed by atoms with Crippen LogP contribution in [-0.2, 0) is 13.5 Å². The van der Waals surface area contributed by atoms with Crippen LogP contribution in [0.5, 0.6) is 0 Å². The van der Waals surface area contributed by atoms with E-state index in [2.05, 4.69) is 52.1 Å². The third-order valence-corrected chi connectivity index (χ3v) is 16.4. The van der Waals surface area contributed by atoms with Crippen LogP contribution in [0, 0.1) is 5.41 Å². The number of hydrogen-bond donors (Lipinski definition) is 0. The van der Waals surface area contributed by atoms with E-state index in [1.807, 2.05) is 73.1 Å². The molecule has 282 valence electrons. The number of halogens is 2. The summed E-state index contributed by atoms with van der Waals surface area (Å²) in [7, 11) is 11.1. The first kappa shape index (κ1) is 42.7. The van der Waals surface area contributed by atoms with E-state index >= 15 is 0 Å². The molecular weight excluding hydrogens is 785 g/mol. The summed E-state index contributed by atoms with van der Waals surface area (Å²) < 4.78 is 2.93. The van der Waals surface area contributed by atoms with Crippen molar-refractivity contribution >= 4 is 31.6 Å². The molecule has 3 fully saturated rings. The molecule has 3 aromatic heterocycles. The van der Waals surface area contributed by atoms with Gasteiger partial charge in [0.25, 0.3) is 0 Å². The fraction of sp³-hybridized carbons (Fsp3) is 0.489. The summed E-state index contributed by atoms with van der Waals surface area (Å²) >= 11 is -1.67. The summed E-state index contributed by atoms with van der Waals surface area (Å²) in [6.45, 7) is 6.27. The summed E-state index contributed by atoms with van der Waals surface area (Å²) in [5.74, 6) is 0. The maximum Gasteiger partial charge on any atom is 0.0273 e. The molecule has 3 aliphatic rings. The molecule has 0 bridgehead atoms. The standard InChI is InChI=1S/C18H33P.C11H9N.C10H8N2.C6H10.2ClH.Ru/c1-4-10-16(11-5-1)19(17-12-6-2-7-13-17)18-14-8-3-9-15-18;1-2-4-10(5-3-1)11-6-8-12-9-7-11;1-5-11-6-2-9(1)10-3-7-12-8-4-10;1-5-6(2,3)4;;;/h16-18H,1-15H2;1-9H;1-8H;5H,2-4H3;2*1H;/q;;;;;;+2/p-1. The summed E-state index contributed by atoms with van der Waals surface area (Å²) in [6.07, 6.45) is 36.5. The van der Waals surface area contributed by atoms with Crippen molar-refractivity contribution in [3.63, 3.8) is 0 Å². The van der Waals surface area contributed by atoms with Gasteiger partial charge in [0.05, 0.1) is 17.0 Å². The molecule has 3 saturated carbocycles. The van der Waals surface area contributed by atoms with Crippen molar-refractivity contribution in [2.24, 2.45) is 5.41 Å². The maximum atomic E-state index is 5.55. The van der Waals surface area contributed by atoms with Crippen LogP contribution < -0.4 is 0 Å².